The van der Waals surface area contributed by atoms with Crippen molar-refractivity contribution in [1.29, 1.82) is 0 Å². The van der Waals surface area contributed by atoms with E-state index in [1.807, 2.05) is 36.4 Å². The number of benzene rings is 2. The zero-order valence-corrected chi connectivity index (χ0v) is 12.0. The third-order valence-corrected chi connectivity index (χ3v) is 2.12. The SMILES string of the molecule is Cc1ccc(NNc2cc[c-]cc2)cc1.[Y]. The van der Waals surface area contributed by atoms with Crippen LogP contribution in [0, 0.1) is 13.0 Å². The third-order valence-electron chi connectivity index (χ3n) is 2.12. The maximum absolute atomic E-state index is 3.12. The molecule has 2 aromatic carbocycles. The summed E-state index contributed by atoms with van der Waals surface area (Å²) < 4.78 is 0. The molecule has 0 saturated carbocycles. The van der Waals surface area contributed by atoms with Crippen LogP contribution in [0.5, 0.6) is 0 Å². The molecule has 16 heavy (non-hydrogen) atoms. The first-order chi connectivity index (χ1) is 7.34. The third kappa shape index (κ3) is 3.95. The van der Waals surface area contributed by atoms with Gasteiger partial charge in [-0.15, -0.1) is 12.1 Å². The van der Waals surface area contributed by atoms with Gasteiger partial charge in [-0.05, 0) is 19.1 Å². The van der Waals surface area contributed by atoms with Crippen LogP contribution in [0.2, 0.25) is 0 Å². The van der Waals surface area contributed by atoms with E-state index in [2.05, 4.69) is 36.0 Å². The van der Waals surface area contributed by atoms with Crippen molar-refractivity contribution in [2.75, 3.05) is 10.9 Å². The monoisotopic (exact) mass is 286 g/mol. The van der Waals surface area contributed by atoms with Crippen molar-refractivity contribution in [3.05, 3.63) is 60.2 Å². The van der Waals surface area contributed by atoms with Crippen LogP contribution in [0.3, 0.4) is 0 Å². The van der Waals surface area contributed by atoms with Gasteiger partial charge in [0.1, 0.15) is 0 Å². The second kappa shape index (κ2) is 6.67. The molecule has 1 radical (unpaired) electrons. The van der Waals surface area contributed by atoms with Gasteiger partial charge in [0.05, 0.1) is 5.69 Å². The van der Waals surface area contributed by atoms with Gasteiger partial charge in [0, 0.05) is 32.7 Å². The first kappa shape index (κ1) is 13.2. The van der Waals surface area contributed by atoms with Crippen molar-refractivity contribution >= 4 is 11.4 Å². The average Bonchev–Trinajstić information content (AvgIpc) is 2.30. The van der Waals surface area contributed by atoms with E-state index in [9.17, 15) is 0 Å². The fourth-order valence-corrected chi connectivity index (χ4v) is 1.25. The number of aryl methyl sites for hydroxylation is 1. The number of anilines is 2. The maximum atomic E-state index is 3.12. The Kier molecular flexibility index (Phi) is 5.50. The molecule has 0 amide bonds. The quantitative estimate of drug-likeness (QED) is 0.668. The van der Waals surface area contributed by atoms with E-state index in [0.29, 0.717) is 0 Å². The number of rotatable bonds is 3. The van der Waals surface area contributed by atoms with Gasteiger partial charge in [0.15, 0.2) is 0 Å². The summed E-state index contributed by atoms with van der Waals surface area (Å²) in [4.78, 5) is 0. The van der Waals surface area contributed by atoms with E-state index in [0.717, 1.165) is 11.4 Å². The van der Waals surface area contributed by atoms with Crippen molar-refractivity contribution < 1.29 is 32.7 Å². The van der Waals surface area contributed by atoms with Crippen LogP contribution < -0.4 is 10.9 Å². The smallest absolute Gasteiger partial charge is 0.0539 e. The number of nitrogens with one attached hydrogen (secondary N) is 2. The van der Waals surface area contributed by atoms with Crippen LogP contribution in [0.15, 0.2) is 48.5 Å². The van der Waals surface area contributed by atoms with Gasteiger partial charge >= 0.3 is 0 Å². The Hall–Kier alpha value is -0.856. The molecule has 0 bridgehead atoms. The molecule has 0 unspecified atom stereocenters. The molecule has 0 atom stereocenters. The number of hydrogen-bond donors (Lipinski definition) is 2. The largest absolute Gasteiger partial charge is 0.325 e. The Balaban J connectivity index is 0.00000128. The van der Waals surface area contributed by atoms with Gasteiger partial charge in [-0.1, -0.05) is 23.4 Å². The van der Waals surface area contributed by atoms with Crippen molar-refractivity contribution in [1.82, 2.24) is 0 Å². The molecule has 0 aliphatic heterocycles. The van der Waals surface area contributed by atoms with E-state index < -0.39 is 0 Å². The first-order valence-corrected chi connectivity index (χ1v) is 4.89. The molecular weight excluding hydrogens is 273 g/mol. The Morgan fingerprint density at radius 1 is 0.812 bits per heavy atom. The predicted molar refractivity (Wildman–Crippen MR) is 63.7 cm³/mol. The van der Waals surface area contributed by atoms with Crippen LogP contribution in [0.4, 0.5) is 11.4 Å². The summed E-state index contributed by atoms with van der Waals surface area (Å²) in [6, 6.07) is 18.9. The summed E-state index contributed by atoms with van der Waals surface area (Å²) in [5.74, 6) is 0. The number of hydrogen-bond acceptors (Lipinski definition) is 2. The molecule has 3 heteroatoms. The molecule has 2 nitrogen and oxygen atoms in total. The molecule has 0 spiro atoms. The minimum atomic E-state index is 0. The van der Waals surface area contributed by atoms with Crippen molar-refractivity contribution in [2.45, 2.75) is 6.92 Å². The summed E-state index contributed by atoms with van der Waals surface area (Å²) in [5.41, 5.74) is 9.57. The first-order valence-electron chi connectivity index (χ1n) is 4.89. The van der Waals surface area contributed by atoms with E-state index in [-0.39, 0.29) is 32.7 Å². The molecule has 2 rings (SSSR count). The Morgan fingerprint density at radius 3 is 1.88 bits per heavy atom. The van der Waals surface area contributed by atoms with Gasteiger partial charge in [-0.2, -0.15) is 18.2 Å². The fraction of sp³-hybridized carbons (Fsp3) is 0.0769. The molecule has 0 heterocycles. The summed E-state index contributed by atoms with van der Waals surface area (Å²) in [6.45, 7) is 2.07. The molecule has 2 aromatic rings. The average molecular weight is 286 g/mol. The summed E-state index contributed by atoms with van der Waals surface area (Å²) in [5, 5.41) is 0. The second-order valence-electron chi connectivity index (χ2n) is 3.40. The normalized spacial score (nSPS) is 9.06. The molecule has 0 aliphatic carbocycles. The summed E-state index contributed by atoms with van der Waals surface area (Å²) >= 11 is 0. The Labute approximate surface area is 121 Å². The van der Waals surface area contributed by atoms with E-state index in [4.69, 9.17) is 0 Å². The zero-order chi connectivity index (χ0) is 10.5. The van der Waals surface area contributed by atoms with Crippen LogP contribution in [-0.2, 0) is 32.7 Å². The Morgan fingerprint density at radius 2 is 1.31 bits per heavy atom. The van der Waals surface area contributed by atoms with E-state index in [1.54, 1.807) is 0 Å². The second-order valence-corrected chi connectivity index (χ2v) is 3.40. The van der Waals surface area contributed by atoms with Gasteiger partial charge in [-0.25, -0.2) is 0 Å². The summed E-state index contributed by atoms with van der Waals surface area (Å²) in [6.07, 6.45) is 0. The van der Waals surface area contributed by atoms with Crippen LogP contribution >= 0.6 is 0 Å². The van der Waals surface area contributed by atoms with Crippen molar-refractivity contribution in [3.8, 4) is 0 Å². The fourth-order valence-electron chi connectivity index (χ4n) is 1.25. The van der Waals surface area contributed by atoms with E-state index in [1.165, 1.54) is 5.56 Å². The van der Waals surface area contributed by atoms with Gasteiger partial charge < -0.3 is 10.9 Å². The van der Waals surface area contributed by atoms with Gasteiger partial charge in [-0.3, -0.25) is 0 Å². The molecular formula is C13H13N2Y-. The minimum absolute atomic E-state index is 0. The van der Waals surface area contributed by atoms with Gasteiger partial charge in [0.25, 0.3) is 0 Å². The maximum Gasteiger partial charge on any atom is 0.0539 e. The molecule has 79 valence electrons. The van der Waals surface area contributed by atoms with Crippen LogP contribution in [-0.4, -0.2) is 0 Å². The van der Waals surface area contributed by atoms with Crippen molar-refractivity contribution in [2.24, 2.45) is 0 Å². The van der Waals surface area contributed by atoms with Gasteiger partial charge in [0.2, 0.25) is 0 Å². The van der Waals surface area contributed by atoms with Crippen LogP contribution in [0.1, 0.15) is 5.56 Å². The molecule has 0 aromatic heterocycles. The van der Waals surface area contributed by atoms with E-state index >= 15 is 0 Å². The molecule has 0 saturated heterocycles. The topological polar surface area (TPSA) is 24.1 Å². The zero-order valence-electron chi connectivity index (χ0n) is 9.20. The molecule has 0 fully saturated rings. The van der Waals surface area contributed by atoms with Crippen LogP contribution in [0.25, 0.3) is 0 Å². The molecule has 2 N–H and O–H groups in total. The molecule has 0 aliphatic rings. The predicted octanol–water partition coefficient (Wildman–Crippen LogP) is 3.23. The Bertz CT molecular complexity index is 412. The summed E-state index contributed by atoms with van der Waals surface area (Å²) in [7, 11) is 0. The minimum Gasteiger partial charge on any atom is -0.325 e. The number of hydrazine groups is 1. The standard InChI is InChI=1S/C13H13N2.Y/c1-11-7-9-13(10-8-11)15-14-12-5-3-2-4-6-12;/h3-10,14-15H,1H3;/q-1;. The van der Waals surface area contributed by atoms with Crippen molar-refractivity contribution in [3.63, 3.8) is 0 Å².